The average molecular weight is 1030 g/mol. The third kappa shape index (κ3) is 17.3. The summed E-state index contributed by atoms with van der Waals surface area (Å²) in [5.41, 5.74) is 20.6. The fourth-order valence-corrected chi connectivity index (χ4v) is 10.3. The molecule has 72 heavy (non-hydrogen) atoms. The van der Waals surface area contributed by atoms with Gasteiger partial charge in [0.2, 0.25) is 41.4 Å². The van der Waals surface area contributed by atoms with E-state index in [0.29, 0.717) is 30.5 Å². The molecular weight excluding hydrogens is 963 g/mol. The van der Waals surface area contributed by atoms with Crippen molar-refractivity contribution in [2.45, 2.75) is 114 Å². The van der Waals surface area contributed by atoms with Crippen molar-refractivity contribution >= 4 is 73.8 Å². The monoisotopic (exact) mass is 1030 g/mol. The van der Waals surface area contributed by atoms with Crippen LogP contribution in [0.25, 0.3) is 10.9 Å². The molecule has 1 saturated heterocycles. The van der Waals surface area contributed by atoms with Gasteiger partial charge in [-0.2, -0.15) is 0 Å². The van der Waals surface area contributed by atoms with Crippen molar-refractivity contribution in [3.05, 3.63) is 102 Å². The van der Waals surface area contributed by atoms with Crippen LogP contribution in [-0.2, 0) is 52.8 Å². The number of H-pyrrole nitrogens is 1. The van der Waals surface area contributed by atoms with Crippen molar-refractivity contribution in [1.29, 1.82) is 0 Å². The van der Waals surface area contributed by atoms with Gasteiger partial charge in [0, 0.05) is 54.0 Å². The zero-order chi connectivity index (χ0) is 52.3. The van der Waals surface area contributed by atoms with E-state index in [1.165, 1.54) is 19.1 Å². The highest BCUT2D eigenvalue weighted by Gasteiger charge is 2.35. The Morgan fingerprint density at radius 1 is 0.764 bits per heavy atom. The maximum Gasteiger partial charge on any atom is 0.244 e. The summed E-state index contributed by atoms with van der Waals surface area (Å²) in [7, 11) is 2.29. The van der Waals surface area contributed by atoms with Gasteiger partial charge < -0.3 is 69.6 Å². The number of benzene rings is 3. The number of fused-ring (bicyclic) bond motifs is 1. The first-order chi connectivity index (χ1) is 34.4. The van der Waals surface area contributed by atoms with E-state index in [2.05, 4.69) is 42.2 Å². The predicted octanol–water partition coefficient (Wildman–Crippen LogP) is 0.142. The summed E-state index contributed by atoms with van der Waals surface area (Å²) >= 11 is 0. The SMILES string of the molecule is CC(C)[C@@H]1CN[C@@H](C(=O)N[C@H](C(N)=O)[C@@H](C)O)CSSC[C@H](NC(=O)[C@@H](N)Cc2ccccc2)C(=O)N[C@@H](Cc2ccc(O)cc2)C(=O)N[C@H](Cc2c[nH]c3ccccc23)C(=O)N[C@@H](CCCCN)C(=O)N1. The number of primary amides is 1. The highest BCUT2D eigenvalue weighted by Crippen LogP contribution is 2.25. The molecule has 0 bridgehead atoms. The first kappa shape index (κ1) is 56.7. The maximum atomic E-state index is 14.8. The van der Waals surface area contributed by atoms with Gasteiger partial charge in [-0.3, -0.25) is 33.6 Å². The molecular formula is C50H69N11O9S2. The molecule has 22 heteroatoms. The van der Waals surface area contributed by atoms with Crippen molar-refractivity contribution in [1.82, 2.24) is 42.2 Å². The normalized spacial score (nSPS) is 22.3. The third-order valence-electron chi connectivity index (χ3n) is 12.3. The smallest absolute Gasteiger partial charge is 0.244 e. The lowest BCUT2D eigenvalue weighted by molar-refractivity contribution is -0.134. The summed E-state index contributed by atoms with van der Waals surface area (Å²) in [6, 6.07) is 13.3. The number of nitrogens with one attached hydrogen (secondary N) is 8. The summed E-state index contributed by atoms with van der Waals surface area (Å²) < 4.78 is 0. The Bertz CT molecular complexity index is 2440. The lowest BCUT2D eigenvalue weighted by Crippen LogP contribution is -2.61. The summed E-state index contributed by atoms with van der Waals surface area (Å²) in [6.45, 7) is 5.42. The third-order valence-corrected chi connectivity index (χ3v) is 14.7. The number of carbonyl (C=O) groups is 7. The Balaban J connectivity index is 1.56. The number of phenols is 1. The molecule has 9 atom stereocenters. The van der Waals surface area contributed by atoms with Crippen molar-refractivity contribution < 1.29 is 43.8 Å². The van der Waals surface area contributed by atoms with E-state index < -0.39 is 95.8 Å². The number of aromatic amines is 1. The van der Waals surface area contributed by atoms with E-state index >= 15 is 0 Å². The fraction of sp³-hybridized carbons (Fsp3) is 0.460. The zero-order valence-corrected chi connectivity index (χ0v) is 42.4. The Morgan fingerprint density at radius 2 is 1.39 bits per heavy atom. The summed E-state index contributed by atoms with van der Waals surface area (Å²) in [4.78, 5) is 102. The molecule has 0 radical (unpaired) electrons. The van der Waals surface area contributed by atoms with Crippen LogP contribution in [0.4, 0.5) is 0 Å². The minimum atomic E-state index is -1.42. The van der Waals surface area contributed by atoms with E-state index in [4.69, 9.17) is 17.2 Å². The Hall–Kier alpha value is -6.17. The van der Waals surface area contributed by atoms with Gasteiger partial charge in [0.25, 0.3) is 0 Å². The first-order valence-corrected chi connectivity index (χ1v) is 26.5. The average Bonchev–Trinajstić information content (AvgIpc) is 3.76. The predicted molar refractivity (Wildman–Crippen MR) is 279 cm³/mol. The number of aliphatic hydroxyl groups excluding tert-OH is 1. The molecule has 5 rings (SSSR count). The molecule has 3 aromatic carbocycles. The van der Waals surface area contributed by atoms with Gasteiger partial charge in [-0.15, -0.1) is 0 Å². The van der Waals surface area contributed by atoms with Gasteiger partial charge in [-0.05, 0) is 80.0 Å². The van der Waals surface area contributed by atoms with Crippen LogP contribution in [0.5, 0.6) is 5.75 Å². The van der Waals surface area contributed by atoms with E-state index in [9.17, 15) is 43.8 Å². The number of aliphatic hydroxyl groups is 1. The van der Waals surface area contributed by atoms with Crippen LogP contribution in [0.2, 0.25) is 0 Å². The van der Waals surface area contributed by atoms with Gasteiger partial charge in [0.15, 0.2) is 0 Å². The quantitative estimate of drug-likeness (QED) is 0.0495. The second kappa shape index (κ2) is 28.2. The van der Waals surface area contributed by atoms with Gasteiger partial charge in [-0.25, -0.2) is 0 Å². The van der Waals surface area contributed by atoms with E-state index in [0.717, 1.165) is 38.1 Å². The highest BCUT2D eigenvalue weighted by molar-refractivity contribution is 8.76. The first-order valence-electron chi connectivity index (χ1n) is 24.0. The van der Waals surface area contributed by atoms with E-state index in [1.54, 1.807) is 18.3 Å². The molecule has 1 aliphatic rings. The second-order valence-corrected chi connectivity index (χ2v) is 20.8. The number of para-hydroxylation sites is 1. The number of hydrogen-bond donors (Lipinski definition) is 13. The summed E-state index contributed by atoms with van der Waals surface area (Å²) in [5.74, 6) is -5.34. The maximum absolute atomic E-state index is 14.8. The Kier molecular flexibility index (Phi) is 22.2. The second-order valence-electron chi connectivity index (χ2n) is 18.3. The number of phenolic OH excluding ortho intramolecular Hbond substituents is 1. The lowest BCUT2D eigenvalue weighted by Gasteiger charge is -2.30. The van der Waals surface area contributed by atoms with Gasteiger partial charge in [-0.1, -0.05) is 96.1 Å². The van der Waals surface area contributed by atoms with E-state index in [-0.39, 0.29) is 55.4 Å². The minimum absolute atomic E-state index is 0.0117. The minimum Gasteiger partial charge on any atom is -0.508 e. The van der Waals surface area contributed by atoms with E-state index in [1.807, 2.05) is 68.4 Å². The fourth-order valence-electron chi connectivity index (χ4n) is 7.96. The van der Waals surface area contributed by atoms with Crippen LogP contribution < -0.4 is 54.4 Å². The summed E-state index contributed by atoms with van der Waals surface area (Å²) in [6.07, 6.45) is 1.63. The Labute approximate surface area is 427 Å². The van der Waals surface area contributed by atoms with Gasteiger partial charge >= 0.3 is 0 Å². The number of rotatable bonds is 17. The van der Waals surface area contributed by atoms with Crippen LogP contribution in [-0.4, -0.2) is 136 Å². The number of hydrogen-bond acceptors (Lipinski definition) is 14. The molecule has 2 heterocycles. The zero-order valence-electron chi connectivity index (χ0n) is 40.7. The molecule has 390 valence electrons. The molecule has 0 aliphatic carbocycles. The molecule has 1 aliphatic heterocycles. The van der Waals surface area contributed by atoms with Gasteiger partial charge in [0.05, 0.1) is 18.2 Å². The number of carbonyl (C=O) groups excluding carboxylic acids is 7. The van der Waals surface area contributed by atoms with Crippen molar-refractivity contribution in [3.8, 4) is 5.75 Å². The molecule has 1 aromatic heterocycles. The van der Waals surface area contributed by atoms with Gasteiger partial charge in [0.1, 0.15) is 36.0 Å². The lowest BCUT2D eigenvalue weighted by atomic mass is 10.00. The van der Waals surface area contributed by atoms with Crippen LogP contribution in [0.15, 0.2) is 85.1 Å². The van der Waals surface area contributed by atoms with Crippen LogP contribution in [0, 0.1) is 5.92 Å². The molecule has 0 unspecified atom stereocenters. The van der Waals surface area contributed by atoms with Crippen molar-refractivity contribution in [2.24, 2.45) is 23.1 Å². The molecule has 1 fully saturated rings. The standard InChI is InChI=1S/C50H69N11O9S2/c1-28(2)40-25-55-41(49(69)61-43(29(3)62)44(53)64)26-71-72-27-42(60-45(65)35(52)21-30-11-5-4-6-12-30)50(70)57-38(22-31-16-18-33(63)19-17-31)47(67)58-39(23-32-24-54-36-14-8-7-13-34(32)36)48(68)56-37(46(66)59-40)15-9-10-20-51/h4-8,11-14,16-19,24,28-29,35,37-43,54-55,62-63H,9-10,15,20-23,25-27,51-52H2,1-3H3,(H2,53,64)(H,56,68)(H,57,70)(H,58,67)(H,59,66)(H,60,65)(H,61,69)/t29-,35+,37+,38+,39-,40+,41-,42+,43+/m1/s1. The number of unbranched alkanes of at least 4 members (excludes halogenated alkanes) is 1. The number of amides is 7. The molecule has 0 spiro atoms. The number of aromatic nitrogens is 1. The van der Waals surface area contributed by atoms with Crippen LogP contribution in [0.3, 0.4) is 0 Å². The highest BCUT2D eigenvalue weighted by atomic mass is 33.1. The Morgan fingerprint density at radius 3 is 2.06 bits per heavy atom. The van der Waals surface area contributed by atoms with Crippen LogP contribution in [0.1, 0.15) is 56.7 Å². The van der Waals surface area contributed by atoms with Crippen molar-refractivity contribution in [2.75, 3.05) is 24.6 Å². The topological polar surface area (TPSA) is 338 Å². The number of aromatic hydroxyl groups is 1. The molecule has 4 aromatic rings. The molecule has 20 nitrogen and oxygen atoms in total. The number of nitrogens with two attached hydrogens (primary N) is 3. The van der Waals surface area contributed by atoms with Crippen molar-refractivity contribution in [3.63, 3.8) is 0 Å². The molecule has 16 N–H and O–H groups in total. The molecule has 0 saturated carbocycles. The largest absolute Gasteiger partial charge is 0.508 e. The van der Waals surface area contributed by atoms with Crippen LogP contribution >= 0.6 is 21.6 Å². The summed E-state index contributed by atoms with van der Waals surface area (Å²) in [5, 5.41) is 41.3. The molecule has 7 amide bonds.